The number of pyridine rings is 1. The largest absolute Gasteiger partial charge is 0.465 e. The molecule has 0 bridgehead atoms. The van der Waals surface area contributed by atoms with Gasteiger partial charge in [-0.15, -0.1) is 0 Å². The van der Waals surface area contributed by atoms with E-state index in [1.54, 1.807) is 35.1 Å². The van der Waals surface area contributed by atoms with Crippen molar-refractivity contribution in [3.8, 4) is 0 Å². The topological polar surface area (TPSA) is 112 Å². The fourth-order valence-corrected chi connectivity index (χ4v) is 3.45. The highest BCUT2D eigenvalue weighted by atomic mass is 16.5. The number of carbonyl (C=O) groups is 3. The molecule has 0 spiro atoms. The Hall–Kier alpha value is -3.75. The Morgan fingerprint density at radius 1 is 1.16 bits per heavy atom. The number of nitrogens with one attached hydrogen (secondary N) is 1. The van der Waals surface area contributed by atoms with Crippen molar-refractivity contribution < 1.29 is 23.9 Å². The van der Waals surface area contributed by atoms with Gasteiger partial charge in [0.05, 0.1) is 35.5 Å². The fraction of sp³-hybridized carbons (Fsp3) is 0.348. The van der Waals surface area contributed by atoms with Crippen molar-refractivity contribution in [2.24, 2.45) is 0 Å². The number of amides is 1. The lowest BCUT2D eigenvalue weighted by atomic mass is 10.1. The van der Waals surface area contributed by atoms with E-state index >= 15 is 0 Å². The van der Waals surface area contributed by atoms with Crippen LogP contribution in [0.1, 0.15) is 65.1 Å². The molecule has 3 aromatic rings. The third-order valence-electron chi connectivity index (χ3n) is 5.23. The van der Waals surface area contributed by atoms with Gasteiger partial charge in [-0.2, -0.15) is 5.10 Å². The Bertz CT molecular complexity index is 1200. The summed E-state index contributed by atoms with van der Waals surface area (Å²) in [6, 6.07) is 8.25. The molecule has 0 aliphatic heterocycles. The highest BCUT2D eigenvalue weighted by molar-refractivity contribution is 6.05. The van der Waals surface area contributed by atoms with Crippen LogP contribution >= 0.6 is 0 Å². The first kappa shape index (κ1) is 21.5. The number of benzene rings is 1. The predicted octanol–water partition coefficient (Wildman–Crippen LogP) is 3.47. The molecule has 166 valence electrons. The van der Waals surface area contributed by atoms with Crippen LogP contribution in [0.4, 0.5) is 5.69 Å². The number of para-hydroxylation sites is 1. The Labute approximate surface area is 184 Å². The predicted molar refractivity (Wildman–Crippen MR) is 117 cm³/mol. The maximum absolute atomic E-state index is 12.9. The minimum Gasteiger partial charge on any atom is -0.465 e. The van der Waals surface area contributed by atoms with Gasteiger partial charge in [0.15, 0.2) is 12.3 Å². The Morgan fingerprint density at radius 3 is 2.59 bits per heavy atom. The third-order valence-corrected chi connectivity index (χ3v) is 5.23. The third kappa shape index (κ3) is 4.32. The van der Waals surface area contributed by atoms with E-state index in [4.69, 9.17) is 14.5 Å². The first-order valence-electron chi connectivity index (χ1n) is 10.4. The molecule has 2 aromatic heterocycles. The van der Waals surface area contributed by atoms with E-state index < -0.39 is 24.5 Å². The molecule has 0 saturated heterocycles. The minimum absolute atomic E-state index is 0.0824. The molecule has 9 heteroatoms. The van der Waals surface area contributed by atoms with E-state index in [2.05, 4.69) is 10.4 Å². The summed E-state index contributed by atoms with van der Waals surface area (Å²) >= 11 is 0. The van der Waals surface area contributed by atoms with Gasteiger partial charge >= 0.3 is 11.9 Å². The number of esters is 2. The molecular formula is C23H24N4O5. The molecule has 2 heterocycles. The lowest BCUT2D eigenvalue weighted by Gasteiger charge is -2.11. The minimum atomic E-state index is -0.626. The highest BCUT2D eigenvalue weighted by Gasteiger charge is 2.28. The summed E-state index contributed by atoms with van der Waals surface area (Å²) in [5.74, 6) is -1.44. The summed E-state index contributed by atoms with van der Waals surface area (Å²) in [6.07, 6.45) is 3.66. The van der Waals surface area contributed by atoms with Crippen LogP contribution in [-0.4, -0.2) is 46.3 Å². The average Bonchev–Trinajstić information content (AvgIpc) is 3.55. The van der Waals surface area contributed by atoms with E-state index in [0.29, 0.717) is 22.5 Å². The molecule has 1 N–H and O–H groups in total. The maximum atomic E-state index is 12.9. The number of ether oxygens (including phenoxy) is 2. The molecule has 1 aromatic carbocycles. The van der Waals surface area contributed by atoms with Crippen molar-refractivity contribution in [1.29, 1.82) is 0 Å². The zero-order chi connectivity index (χ0) is 22.8. The molecule has 1 amide bonds. The molecule has 0 radical (unpaired) electrons. The number of hydrogen-bond acceptors (Lipinski definition) is 7. The lowest BCUT2D eigenvalue weighted by Crippen LogP contribution is -2.22. The van der Waals surface area contributed by atoms with Gasteiger partial charge in [-0.1, -0.05) is 12.1 Å². The van der Waals surface area contributed by atoms with Crippen LogP contribution in [0, 0.1) is 0 Å². The molecule has 0 unspecified atom stereocenters. The van der Waals surface area contributed by atoms with Crippen molar-refractivity contribution in [3.05, 3.63) is 53.3 Å². The average molecular weight is 436 g/mol. The number of hydrogen-bond donors (Lipinski definition) is 1. The quantitative estimate of drug-likeness (QED) is 0.564. The van der Waals surface area contributed by atoms with Crippen molar-refractivity contribution in [1.82, 2.24) is 14.8 Å². The smallest absolute Gasteiger partial charge is 0.339 e. The monoisotopic (exact) mass is 436 g/mol. The molecule has 1 saturated carbocycles. The number of methoxy groups -OCH3 is 1. The Balaban J connectivity index is 1.51. The molecule has 32 heavy (non-hydrogen) atoms. The van der Waals surface area contributed by atoms with Crippen molar-refractivity contribution in [2.45, 2.75) is 38.6 Å². The summed E-state index contributed by atoms with van der Waals surface area (Å²) < 4.78 is 11.8. The number of fused-ring (bicyclic) bond motifs is 1. The SMILES string of the molecule is COC(=O)c1ccccc1NC(=O)COC(=O)c1cc(C2CC2)nc2c1cnn2C(C)C. The Kier molecular flexibility index (Phi) is 5.89. The van der Waals surface area contributed by atoms with Crippen molar-refractivity contribution in [3.63, 3.8) is 0 Å². The molecule has 1 aliphatic carbocycles. The maximum Gasteiger partial charge on any atom is 0.339 e. The summed E-state index contributed by atoms with van der Waals surface area (Å²) in [5, 5.41) is 7.54. The van der Waals surface area contributed by atoms with Gasteiger partial charge in [0, 0.05) is 17.7 Å². The van der Waals surface area contributed by atoms with Crippen LogP contribution in [0.15, 0.2) is 36.5 Å². The van der Waals surface area contributed by atoms with Gasteiger partial charge in [0.1, 0.15) is 0 Å². The van der Waals surface area contributed by atoms with Crippen LogP contribution in [0.5, 0.6) is 0 Å². The van der Waals surface area contributed by atoms with Crippen LogP contribution in [-0.2, 0) is 14.3 Å². The van der Waals surface area contributed by atoms with Crippen LogP contribution in [0.25, 0.3) is 11.0 Å². The van der Waals surface area contributed by atoms with Crippen LogP contribution in [0.3, 0.4) is 0 Å². The van der Waals surface area contributed by atoms with Gasteiger partial charge in [0.25, 0.3) is 5.91 Å². The van der Waals surface area contributed by atoms with Crippen LogP contribution < -0.4 is 5.32 Å². The number of anilines is 1. The number of carbonyl (C=O) groups excluding carboxylic acids is 3. The zero-order valence-electron chi connectivity index (χ0n) is 18.1. The summed E-state index contributed by atoms with van der Waals surface area (Å²) in [5.41, 5.74) is 2.30. The van der Waals surface area contributed by atoms with E-state index in [0.717, 1.165) is 18.5 Å². The first-order chi connectivity index (χ1) is 15.4. The Morgan fingerprint density at radius 2 is 1.91 bits per heavy atom. The second-order valence-electron chi connectivity index (χ2n) is 7.95. The summed E-state index contributed by atoms with van der Waals surface area (Å²) in [6.45, 7) is 3.48. The molecule has 1 fully saturated rings. The second-order valence-corrected chi connectivity index (χ2v) is 7.95. The number of aromatic nitrogens is 3. The van der Waals surface area contributed by atoms with Gasteiger partial charge < -0.3 is 14.8 Å². The summed E-state index contributed by atoms with van der Waals surface area (Å²) in [7, 11) is 1.26. The molecule has 1 aliphatic rings. The fourth-order valence-electron chi connectivity index (χ4n) is 3.45. The van der Waals surface area contributed by atoms with Gasteiger partial charge in [-0.3, -0.25) is 4.79 Å². The van der Waals surface area contributed by atoms with Crippen molar-refractivity contribution in [2.75, 3.05) is 19.0 Å². The van der Waals surface area contributed by atoms with Crippen LogP contribution in [0.2, 0.25) is 0 Å². The van der Waals surface area contributed by atoms with E-state index in [-0.39, 0.29) is 17.3 Å². The van der Waals surface area contributed by atoms with Crippen molar-refractivity contribution >= 4 is 34.6 Å². The highest BCUT2D eigenvalue weighted by Crippen LogP contribution is 2.40. The van der Waals surface area contributed by atoms with Gasteiger partial charge in [0.2, 0.25) is 0 Å². The standard InChI is InChI=1S/C23H24N4O5/c1-13(2)27-21-17(11-24-27)16(10-19(26-21)14-8-9-14)23(30)32-12-20(28)25-18-7-5-4-6-15(18)22(29)31-3/h4-7,10-11,13-14H,8-9,12H2,1-3H3,(H,25,28). The second kappa shape index (κ2) is 8.78. The molecule has 0 atom stereocenters. The molecule has 9 nitrogen and oxygen atoms in total. The zero-order valence-corrected chi connectivity index (χ0v) is 18.1. The molecular weight excluding hydrogens is 412 g/mol. The van der Waals surface area contributed by atoms with Gasteiger partial charge in [-0.05, 0) is 44.9 Å². The van der Waals surface area contributed by atoms with Gasteiger partial charge in [-0.25, -0.2) is 19.3 Å². The number of nitrogens with zero attached hydrogens (tertiary/aromatic N) is 3. The normalized spacial score (nSPS) is 13.2. The summed E-state index contributed by atoms with van der Waals surface area (Å²) in [4.78, 5) is 41.8. The van der Waals surface area contributed by atoms with E-state index in [9.17, 15) is 14.4 Å². The first-order valence-corrected chi connectivity index (χ1v) is 10.4. The van der Waals surface area contributed by atoms with E-state index in [1.165, 1.54) is 13.2 Å². The lowest BCUT2D eigenvalue weighted by molar-refractivity contribution is -0.119. The molecule has 4 rings (SSSR count). The van der Waals surface area contributed by atoms with E-state index in [1.807, 2.05) is 13.8 Å². The number of rotatable bonds is 7.